The number of rotatable bonds is 2. The maximum absolute atomic E-state index is 12.3. The normalized spacial score (nSPS) is 11.5. The van der Waals surface area contributed by atoms with Crippen molar-refractivity contribution < 1.29 is 39.7 Å². The average molecular weight is 519 g/mol. The molecule has 170 valence electrons. The van der Waals surface area contributed by atoms with E-state index in [0.717, 1.165) is 12.1 Å². The lowest BCUT2D eigenvalue weighted by atomic mass is 10.2. The van der Waals surface area contributed by atoms with Gasteiger partial charge in [-0.15, -0.1) is 0 Å². The topological polar surface area (TPSA) is 137 Å². The molecule has 0 fully saturated rings. The van der Waals surface area contributed by atoms with Gasteiger partial charge in [-0.25, -0.2) is 0 Å². The first-order valence-corrected chi connectivity index (χ1v) is 10.5. The summed E-state index contributed by atoms with van der Waals surface area (Å²) in [5.41, 5.74) is -5.04. The zero-order valence-electron chi connectivity index (χ0n) is 15.6. The molecule has 0 spiro atoms. The van der Waals surface area contributed by atoms with Gasteiger partial charge in [0.05, 0.1) is 34.0 Å². The van der Waals surface area contributed by atoms with E-state index in [0.29, 0.717) is 16.5 Å². The largest absolute Gasteiger partial charge is 0.534 e. The van der Waals surface area contributed by atoms with E-state index in [1.807, 2.05) is 6.07 Å². The zero-order valence-corrected chi connectivity index (χ0v) is 18.0. The van der Waals surface area contributed by atoms with Crippen molar-refractivity contribution in [1.29, 1.82) is 10.5 Å². The summed E-state index contributed by atoms with van der Waals surface area (Å²) in [4.78, 5) is 0. The van der Waals surface area contributed by atoms with Gasteiger partial charge in [0.2, 0.25) is 0 Å². The molecule has 0 saturated carbocycles. The molecular formula is C19H7Cl2F3N2O6S. The Labute approximate surface area is 192 Å². The van der Waals surface area contributed by atoms with Gasteiger partial charge in [0, 0.05) is 18.2 Å². The number of phenols is 1. The van der Waals surface area contributed by atoms with Crippen LogP contribution in [0.4, 0.5) is 13.2 Å². The molecule has 0 aliphatic heterocycles. The molecule has 14 heteroatoms. The van der Waals surface area contributed by atoms with Crippen LogP contribution in [0, 0.1) is 22.7 Å². The maximum atomic E-state index is 12.3. The predicted molar refractivity (Wildman–Crippen MR) is 109 cm³/mol. The van der Waals surface area contributed by atoms with E-state index in [9.17, 15) is 26.7 Å². The standard InChI is InChI=1S/C10H3ClF3NO4S.C9H4ClNO2/c11-9-3-6-7(18-9)1-5(4-15)2-8(6)19-20(16,17)10(12,13)14;10-9-3-6-7(12)1-5(4-11)2-8(6)13-9/h1-3H;1-3,12H. The van der Waals surface area contributed by atoms with Crippen LogP contribution in [0.3, 0.4) is 0 Å². The highest BCUT2D eigenvalue weighted by molar-refractivity contribution is 7.88. The highest BCUT2D eigenvalue weighted by atomic mass is 35.5. The molecule has 0 unspecified atom stereocenters. The van der Waals surface area contributed by atoms with Crippen molar-refractivity contribution in [3.05, 3.63) is 58.0 Å². The van der Waals surface area contributed by atoms with Crippen LogP contribution in [0.5, 0.6) is 11.5 Å². The molecule has 4 rings (SSSR count). The smallest absolute Gasteiger partial charge is 0.507 e. The van der Waals surface area contributed by atoms with E-state index >= 15 is 0 Å². The first kappa shape index (κ1) is 24.1. The second kappa shape index (κ2) is 8.75. The predicted octanol–water partition coefficient (Wildman–Crippen LogP) is 5.85. The summed E-state index contributed by atoms with van der Waals surface area (Å²) >= 11 is 11.1. The zero-order chi connectivity index (χ0) is 24.6. The van der Waals surface area contributed by atoms with Crippen molar-refractivity contribution in [2.45, 2.75) is 5.51 Å². The Morgan fingerprint density at radius 1 is 0.879 bits per heavy atom. The van der Waals surface area contributed by atoms with Gasteiger partial charge in [-0.1, -0.05) is 0 Å². The quantitative estimate of drug-likeness (QED) is 0.257. The summed E-state index contributed by atoms with van der Waals surface area (Å²) in [7, 11) is -5.85. The van der Waals surface area contributed by atoms with E-state index in [1.165, 1.54) is 24.3 Å². The number of alkyl halides is 3. The lowest BCUT2D eigenvalue weighted by Crippen LogP contribution is -2.28. The van der Waals surface area contributed by atoms with Crippen LogP contribution < -0.4 is 4.18 Å². The van der Waals surface area contributed by atoms with Crippen molar-refractivity contribution in [3.8, 4) is 23.6 Å². The summed E-state index contributed by atoms with van der Waals surface area (Å²) < 4.78 is 72.8. The van der Waals surface area contributed by atoms with Crippen LogP contribution in [-0.2, 0) is 10.1 Å². The number of furan rings is 2. The highest BCUT2D eigenvalue weighted by Gasteiger charge is 2.48. The van der Waals surface area contributed by atoms with E-state index in [4.69, 9.17) is 42.6 Å². The molecule has 0 saturated heterocycles. The van der Waals surface area contributed by atoms with Crippen molar-refractivity contribution in [1.82, 2.24) is 0 Å². The van der Waals surface area contributed by atoms with Crippen LogP contribution in [-0.4, -0.2) is 19.0 Å². The molecular weight excluding hydrogens is 512 g/mol. The third-order valence-corrected chi connectivity index (χ3v) is 5.23. The average Bonchev–Trinajstić information content (AvgIpc) is 3.28. The van der Waals surface area contributed by atoms with Gasteiger partial charge in [-0.05, 0) is 41.4 Å². The number of nitriles is 2. The molecule has 8 nitrogen and oxygen atoms in total. The Bertz CT molecular complexity index is 1560. The van der Waals surface area contributed by atoms with Crippen molar-refractivity contribution in [2.24, 2.45) is 0 Å². The summed E-state index contributed by atoms with van der Waals surface area (Å²) in [5, 5.41) is 27.2. The Balaban J connectivity index is 0.000000203. The van der Waals surface area contributed by atoms with Gasteiger partial charge < -0.3 is 18.1 Å². The molecule has 33 heavy (non-hydrogen) atoms. The molecule has 0 radical (unpaired) electrons. The van der Waals surface area contributed by atoms with Crippen molar-refractivity contribution in [3.63, 3.8) is 0 Å². The Morgan fingerprint density at radius 3 is 1.88 bits per heavy atom. The van der Waals surface area contributed by atoms with Gasteiger partial charge in [0.15, 0.2) is 16.2 Å². The van der Waals surface area contributed by atoms with Crippen molar-refractivity contribution >= 4 is 55.3 Å². The Kier molecular flexibility index (Phi) is 6.38. The fraction of sp³-hybridized carbons (Fsp3) is 0.0526. The third kappa shape index (κ3) is 5.09. The molecule has 0 aliphatic carbocycles. The summed E-state index contributed by atoms with van der Waals surface area (Å²) in [6, 6.07) is 11.1. The van der Waals surface area contributed by atoms with E-state index < -0.39 is 21.4 Å². The molecule has 4 aromatic rings. The minimum absolute atomic E-state index is 0.00435. The highest BCUT2D eigenvalue weighted by Crippen LogP contribution is 2.36. The molecule has 1 N–H and O–H groups in total. The van der Waals surface area contributed by atoms with Crippen LogP contribution in [0.15, 0.2) is 45.2 Å². The molecule has 0 bridgehead atoms. The number of hydrogen-bond donors (Lipinski definition) is 1. The number of benzene rings is 2. The third-order valence-electron chi connectivity index (χ3n) is 3.90. The maximum Gasteiger partial charge on any atom is 0.534 e. The monoisotopic (exact) mass is 518 g/mol. The lowest BCUT2D eigenvalue weighted by Gasteiger charge is -2.10. The number of phenolic OH excluding ortho intramolecular Hbond substituents is 1. The van der Waals surface area contributed by atoms with Gasteiger partial charge in [0.25, 0.3) is 0 Å². The second-order valence-electron chi connectivity index (χ2n) is 6.10. The number of hydrogen-bond acceptors (Lipinski definition) is 8. The first-order chi connectivity index (χ1) is 15.3. The minimum Gasteiger partial charge on any atom is -0.507 e. The van der Waals surface area contributed by atoms with Crippen LogP contribution in [0.2, 0.25) is 10.4 Å². The molecule has 0 amide bonds. The molecule has 0 atom stereocenters. The summed E-state index contributed by atoms with van der Waals surface area (Å²) in [5.74, 6) is -0.684. The van der Waals surface area contributed by atoms with E-state index in [-0.39, 0.29) is 32.7 Å². The van der Waals surface area contributed by atoms with E-state index in [2.05, 4.69) is 4.18 Å². The summed E-state index contributed by atoms with van der Waals surface area (Å²) in [6.45, 7) is 0. The second-order valence-corrected chi connectivity index (χ2v) is 8.38. The van der Waals surface area contributed by atoms with Gasteiger partial charge in [-0.3, -0.25) is 0 Å². The Hall–Kier alpha value is -3.58. The molecule has 0 aliphatic rings. The van der Waals surface area contributed by atoms with Crippen LogP contribution in [0.1, 0.15) is 11.1 Å². The SMILES string of the molecule is N#Cc1cc(O)c2cc(Cl)oc2c1.N#Cc1cc(OS(=O)(=O)C(F)(F)F)c2cc(Cl)oc2c1. The number of nitrogens with zero attached hydrogens (tertiary/aromatic N) is 2. The van der Waals surface area contributed by atoms with Crippen molar-refractivity contribution in [2.75, 3.05) is 0 Å². The first-order valence-electron chi connectivity index (χ1n) is 8.30. The van der Waals surface area contributed by atoms with Gasteiger partial charge >= 0.3 is 15.6 Å². The van der Waals surface area contributed by atoms with E-state index in [1.54, 1.807) is 6.07 Å². The molecule has 2 heterocycles. The fourth-order valence-electron chi connectivity index (χ4n) is 2.53. The van der Waals surface area contributed by atoms with Gasteiger partial charge in [-0.2, -0.15) is 32.1 Å². The fourth-order valence-corrected chi connectivity index (χ4v) is 3.38. The van der Waals surface area contributed by atoms with Gasteiger partial charge in [0.1, 0.15) is 16.9 Å². The van der Waals surface area contributed by atoms with Crippen LogP contribution >= 0.6 is 23.2 Å². The number of aromatic hydroxyl groups is 1. The molecule has 2 aromatic heterocycles. The minimum atomic E-state index is -5.85. The lowest BCUT2D eigenvalue weighted by molar-refractivity contribution is -0.0499. The number of fused-ring (bicyclic) bond motifs is 2. The Morgan fingerprint density at radius 2 is 1.36 bits per heavy atom. The van der Waals surface area contributed by atoms with Crippen LogP contribution in [0.25, 0.3) is 21.9 Å². The number of halogens is 5. The molecule has 2 aromatic carbocycles. The summed E-state index contributed by atoms with van der Waals surface area (Å²) in [6.07, 6.45) is 0.